The molecule has 212 valence electrons. The monoisotopic (exact) mass is 577 g/mol. The molecule has 2 heterocycles. The lowest BCUT2D eigenvalue weighted by molar-refractivity contribution is 0.0391. The summed E-state index contributed by atoms with van der Waals surface area (Å²) in [6.07, 6.45) is 1.17. The Morgan fingerprint density at radius 1 is 1.03 bits per heavy atom. The van der Waals surface area contributed by atoms with Gasteiger partial charge in [-0.3, -0.25) is 14.6 Å². The molecule has 0 saturated carbocycles. The number of ether oxygens (including phenoxy) is 4. The lowest BCUT2D eigenvalue weighted by atomic mass is 10.1. The van der Waals surface area contributed by atoms with Crippen LogP contribution in [0.3, 0.4) is 0 Å². The van der Waals surface area contributed by atoms with Gasteiger partial charge in [0.05, 0.1) is 48.1 Å². The number of hydrogen-bond acceptors (Lipinski definition) is 10. The zero-order valence-corrected chi connectivity index (χ0v) is 24.4. The van der Waals surface area contributed by atoms with Crippen LogP contribution in [0.4, 0.5) is 5.13 Å². The highest BCUT2D eigenvalue weighted by Gasteiger charge is 2.26. The van der Waals surface area contributed by atoms with Crippen molar-refractivity contribution in [3.8, 4) is 17.2 Å². The van der Waals surface area contributed by atoms with E-state index in [-0.39, 0.29) is 10.8 Å². The molecule has 12 heteroatoms. The van der Waals surface area contributed by atoms with Crippen molar-refractivity contribution >= 4 is 42.4 Å². The first kappa shape index (κ1) is 29.1. The van der Waals surface area contributed by atoms with Crippen molar-refractivity contribution in [1.29, 1.82) is 0 Å². The van der Waals surface area contributed by atoms with Gasteiger partial charge in [-0.25, -0.2) is 13.4 Å². The summed E-state index contributed by atoms with van der Waals surface area (Å²) in [5.74, 6) is 1.06. The Bertz CT molecular complexity index is 1370. The number of amides is 1. The molecule has 1 aromatic heterocycles. The molecule has 0 N–H and O–H groups in total. The van der Waals surface area contributed by atoms with Crippen molar-refractivity contribution in [3.63, 3.8) is 0 Å². The third-order valence-corrected chi connectivity index (χ3v) is 8.30. The van der Waals surface area contributed by atoms with Crippen LogP contribution in [0.1, 0.15) is 31.1 Å². The number of carbonyl (C=O) groups is 1. The van der Waals surface area contributed by atoms with Gasteiger partial charge in [-0.15, -0.1) is 0 Å². The highest BCUT2D eigenvalue weighted by atomic mass is 32.2. The Labute approximate surface area is 233 Å². The summed E-state index contributed by atoms with van der Waals surface area (Å²) in [7, 11) is -3.38. The van der Waals surface area contributed by atoms with Gasteiger partial charge in [-0.2, -0.15) is 0 Å². The van der Waals surface area contributed by atoms with E-state index >= 15 is 0 Å². The summed E-state index contributed by atoms with van der Waals surface area (Å²) in [5.41, 5.74) is 1.01. The lowest BCUT2D eigenvalue weighted by Gasteiger charge is -2.29. The van der Waals surface area contributed by atoms with Crippen molar-refractivity contribution in [2.24, 2.45) is 0 Å². The maximum absolute atomic E-state index is 14.1. The van der Waals surface area contributed by atoms with Gasteiger partial charge in [0, 0.05) is 38.0 Å². The molecule has 0 aliphatic carbocycles. The molecule has 10 nitrogen and oxygen atoms in total. The van der Waals surface area contributed by atoms with E-state index in [2.05, 4.69) is 4.90 Å². The van der Waals surface area contributed by atoms with Crippen molar-refractivity contribution < 1.29 is 32.2 Å². The summed E-state index contributed by atoms with van der Waals surface area (Å²) in [4.78, 5) is 22.9. The van der Waals surface area contributed by atoms with E-state index in [4.69, 9.17) is 23.9 Å². The number of benzene rings is 2. The SMILES string of the molecule is CCOc1cc(C(=O)N(CCN2CCOCC2)c2nc3ccc(S(C)(=O)=O)cc3s2)cc(OCC)c1OCC. The quantitative estimate of drug-likeness (QED) is 0.317. The van der Waals surface area contributed by atoms with Crippen LogP contribution in [0.25, 0.3) is 10.2 Å². The lowest BCUT2D eigenvalue weighted by Crippen LogP contribution is -2.43. The predicted octanol–water partition coefficient (Wildman–Crippen LogP) is 3.87. The molecule has 1 aliphatic rings. The first-order chi connectivity index (χ1) is 18.7. The molecule has 39 heavy (non-hydrogen) atoms. The number of anilines is 1. The average molecular weight is 578 g/mol. The van der Waals surface area contributed by atoms with Gasteiger partial charge in [-0.1, -0.05) is 11.3 Å². The van der Waals surface area contributed by atoms with E-state index in [1.807, 2.05) is 20.8 Å². The predicted molar refractivity (Wildman–Crippen MR) is 152 cm³/mol. The minimum absolute atomic E-state index is 0.214. The van der Waals surface area contributed by atoms with Gasteiger partial charge >= 0.3 is 0 Å². The number of fused-ring (bicyclic) bond motifs is 1. The van der Waals surface area contributed by atoms with Gasteiger partial charge in [0.2, 0.25) is 5.75 Å². The number of hydrogen-bond donors (Lipinski definition) is 0. The van der Waals surface area contributed by atoms with E-state index in [0.717, 1.165) is 13.1 Å². The first-order valence-electron chi connectivity index (χ1n) is 13.0. The summed E-state index contributed by atoms with van der Waals surface area (Å²) in [5, 5.41) is 0.485. The fourth-order valence-corrected chi connectivity index (χ4v) is 6.01. The standard InChI is InChI=1S/C27H35N3O7S2/c1-5-35-22-16-19(17-23(36-6-2)25(22)37-7-3)26(31)30(11-10-29-12-14-34-15-13-29)27-28-21-9-8-20(39(4,32)33)18-24(21)38-27/h8-9,16-18H,5-7,10-15H2,1-4H3. The van der Waals surface area contributed by atoms with Crippen LogP contribution in [0.15, 0.2) is 35.2 Å². The van der Waals surface area contributed by atoms with Gasteiger partial charge in [0.25, 0.3) is 5.91 Å². The van der Waals surface area contributed by atoms with Gasteiger partial charge in [0.15, 0.2) is 26.5 Å². The molecular formula is C27H35N3O7S2. The number of carbonyl (C=O) groups excluding carboxylic acids is 1. The Morgan fingerprint density at radius 2 is 1.67 bits per heavy atom. The molecule has 1 fully saturated rings. The number of nitrogens with zero attached hydrogens (tertiary/aromatic N) is 3. The van der Waals surface area contributed by atoms with E-state index < -0.39 is 9.84 Å². The van der Waals surface area contributed by atoms with Crippen molar-refractivity contribution in [3.05, 3.63) is 35.9 Å². The molecule has 4 rings (SSSR count). The molecule has 0 atom stereocenters. The van der Waals surface area contributed by atoms with Crippen LogP contribution in [-0.2, 0) is 14.6 Å². The normalized spacial score (nSPS) is 14.4. The number of thiazole rings is 1. The second-order valence-electron chi connectivity index (χ2n) is 8.91. The van der Waals surface area contributed by atoms with E-state index in [1.165, 1.54) is 23.7 Å². The summed E-state index contributed by atoms with van der Waals surface area (Å²) in [6, 6.07) is 8.17. The molecule has 2 aromatic carbocycles. The van der Waals surface area contributed by atoms with Gasteiger partial charge in [0.1, 0.15) is 0 Å². The zero-order valence-electron chi connectivity index (χ0n) is 22.8. The fourth-order valence-electron chi connectivity index (χ4n) is 4.26. The van der Waals surface area contributed by atoms with Crippen LogP contribution >= 0.6 is 11.3 Å². The first-order valence-corrected chi connectivity index (χ1v) is 15.7. The largest absolute Gasteiger partial charge is 0.490 e. The third kappa shape index (κ3) is 6.99. The highest BCUT2D eigenvalue weighted by Crippen LogP contribution is 2.40. The number of morpholine rings is 1. The van der Waals surface area contributed by atoms with Crippen molar-refractivity contribution in [1.82, 2.24) is 9.88 Å². The fraction of sp³-hybridized carbons (Fsp3) is 0.481. The van der Waals surface area contributed by atoms with Crippen LogP contribution in [0, 0.1) is 0 Å². The zero-order chi connectivity index (χ0) is 28.0. The van der Waals surface area contributed by atoms with Crippen molar-refractivity contribution in [2.75, 3.05) is 70.4 Å². The number of sulfone groups is 1. The second kappa shape index (κ2) is 12.9. The molecule has 1 amide bonds. The molecular weight excluding hydrogens is 542 g/mol. The second-order valence-corrected chi connectivity index (χ2v) is 11.9. The Kier molecular flexibility index (Phi) is 9.65. The van der Waals surface area contributed by atoms with Crippen LogP contribution in [0.2, 0.25) is 0 Å². The smallest absolute Gasteiger partial charge is 0.260 e. The number of rotatable bonds is 12. The molecule has 3 aromatic rings. The molecule has 0 radical (unpaired) electrons. The maximum Gasteiger partial charge on any atom is 0.260 e. The van der Waals surface area contributed by atoms with E-state index in [9.17, 15) is 13.2 Å². The van der Waals surface area contributed by atoms with E-state index in [0.29, 0.717) is 84.3 Å². The summed E-state index contributed by atoms with van der Waals surface area (Å²) >= 11 is 1.28. The topological polar surface area (TPSA) is 108 Å². The number of aromatic nitrogens is 1. The van der Waals surface area contributed by atoms with Crippen LogP contribution in [-0.4, -0.2) is 89.7 Å². The summed E-state index contributed by atoms with van der Waals surface area (Å²) < 4.78 is 47.8. The van der Waals surface area contributed by atoms with E-state index in [1.54, 1.807) is 29.2 Å². The Morgan fingerprint density at radius 3 is 2.26 bits per heavy atom. The maximum atomic E-state index is 14.1. The minimum Gasteiger partial charge on any atom is -0.490 e. The van der Waals surface area contributed by atoms with Gasteiger partial charge in [-0.05, 0) is 51.1 Å². The molecule has 0 bridgehead atoms. The van der Waals surface area contributed by atoms with Crippen molar-refractivity contribution in [2.45, 2.75) is 25.7 Å². The van der Waals surface area contributed by atoms with Gasteiger partial charge < -0.3 is 18.9 Å². The molecule has 1 aliphatic heterocycles. The summed E-state index contributed by atoms with van der Waals surface area (Å²) in [6.45, 7) is 10.7. The molecule has 0 spiro atoms. The molecule has 1 saturated heterocycles. The Balaban J connectivity index is 1.75. The van der Waals surface area contributed by atoms with Crippen LogP contribution < -0.4 is 19.1 Å². The Hall–Kier alpha value is -2.93. The molecule has 0 unspecified atom stereocenters. The average Bonchev–Trinajstić information content (AvgIpc) is 3.34. The van der Waals surface area contributed by atoms with Crippen LogP contribution in [0.5, 0.6) is 17.2 Å². The third-order valence-electron chi connectivity index (χ3n) is 6.15. The minimum atomic E-state index is -3.38. The highest BCUT2D eigenvalue weighted by molar-refractivity contribution is 7.90.